The van der Waals surface area contributed by atoms with Crippen molar-refractivity contribution in [3.63, 3.8) is 0 Å². The Labute approximate surface area is 128 Å². The van der Waals surface area contributed by atoms with E-state index in [0.717, 1.165) is 44.2 Å². The van der Waals surface area contributed by atoms with Crippen LogP contribution in [0.2, 0.25) is 0 Å². The van der Waals surface area contributed by atoms with E-state index in [2.05, 4.69) is 29.7 Å². The van der Waals surface area contributed by atoms with Gasteiger partial charge in [-0.1, -0.05) is 19.1 Å². The molecule has 0 spiro atoms. The van der Waals surface area contributed by atoms with E-state index >= 15 is 0 Å². The molecule has 0 bridgehead atoms. The molecular formula is C17H28N2O2. The molecule has 118 valence electrons. The molecule has 21 heavy (non-hydrogen) atoms. The van der Waals surface area contributed by atoms with Crippen molar-refractivity contribution >= 4 is 0 Å². The lowest BCUT2D eigenvalue weighted by molar-refractivity contribution is 0.0957. The molecule has 0 radical (unpaired) electrons. The van der Waals surface area contributed by atoms with Crippen LogP contribution in [0, 0.1) is 0 Å². The van der Waals surface area contributed by atoms with Crippen LogP contribution in [0.3, 0.4) is 0 Å². The quantitative estimate of drug-likeness (QED) is 0.805. The van der Waals surface area contributed by atoms with Crippen molar-refractivity contribution in [2.24, 2.45) is 0 Å². The first-order valence-electron chi connectivity index (χ1n) is 7.85. The van der Waals surface area contributed by atoms with Gasteiger partial charge in [0.2, 0.25) is 0 Å². The minimum Gasteiger partial charge on any atom is -0.493 e. The van der Waals surface area contributed by atoms with E-state index in [1.807, 2.05) is 12.1 Å². The number of piperazine rings is 1. The summed E-state index contributed by atoms with van der Waals surface area (Å²) in [7, 11) is 3.40. The Morgan fingerprint density at radius 1 is 1.10 bits per heavy atom. The van der Waals surface area contributed by atoms with E-state index in [1.54, 1.807) is 14.2 Å². The lowest BCUT2D eigenvalue weighted by atomic mass is 10.1. The lowest BCUT2D eigenvalue weighted by Crippen LogP contribution is -2.49. The van der Waals surface area contributed by atoms with Gasteiger partial charge < -0.3 is 9.47 Å². The normalized spacial score (nSPS) is 18.5. The van der Waals surface area contributed by atoms with Crippen molar-refractivity contribution in [1.29, 1.82) is 0 Å². The Kier molecular flexibility index (Phi) is 5.88. The number of nitrogens with zero attached hydrogens (tertiary/aromatic N) is 2. The molecule has 4 nitrogen and oxygen atoms in total. The Bertz CT molecular complexity index is 442. The van der Waals surface area contributed by atoms with Crippen molar-refractivity contribution in [3.8, 4) is 11.5 Å². The van der Waals surface area contributed by atoms with Crippen molar-refractivity contribution in [2.75, 3.05) is 40.4 Å². The van der Waals surface area contributed by atoms with E-state index < -0.39 is 0 Å². The van der Waals surface area contributed by atoms with E-state index in [-0.39, 0.29) is 0 Å². The first kappa shape index (κ1) is 16.1. The predicted octanol–water partition coefficient (Wildman–Crippen LogP) is 2.62. The predicted molar refractivity (Wildman–Crippen MR) is 86.1 cm³/mol. The molecule has 1 atom stereocenters. The van der Waals surface area contributed by atoms with Crippen LogP contribution in [0.15, 0.2) is 18.2 Å². The van der Waals surface area contributed by atoms with Crippen LogP contribution >= 0.6 is 0 Å². The summed E-state index contributed by atoms with van der Waals surface area (Å²) in [5, 5.41) is 0. The van der Waals surface area contributed by atoms with Gasteiger partial charge in [-0.2, -0.15) is 0 Å². The SMILES string of the molecule is CC[C@H](C)N1CCN(Cc2cccc(OC)c2OC)CC1. The molecule has 0 unspecified atom stereocenters. The fraction of sp³-hybridized carbons (Fsp3) is 0.647. The number of methoxy groups -OCH3 is 2. The highest BCUT2D eigenvalue weighted by Crippen LogP contribution is 2.31. The molecule has 1 fully saturated rings. The van der Waals surface area contributed by atoms with Crippen molar-refractivity contribution in [1.82, 2.24) is 9.80 Å². The van der Waals surface area contributed by atoms with Gasteiger partial charge in [0, 0.05) is 44.3 Å². The number of hydrogen-bond donors (Lipinski definition) is 0. The minimum absolute atomic E-state index is 0.693. The Balaban J connectivity index is 1.98. The van der Waals surface area contributed by atoms with Gasteiger partial charge in [0.15, 0.2) is 11.5 Å². The van der Waals surface area contributed by atoms with Gasteiger partial charge in [-0.25, -0.2) is 0 Å². The third kappa shape index (κ3) is 3.89. The molecule has 0 amide bonds. The molecule has 1 aromatic carbocycles. The van der Waals surface area contributed by atoms with Gasteiger partial charge >= 0.3 is 0 Å². The maximum atomic E-state index is 5.52. The van der Waals surface area contributed by atoms with Crippen molar-refractivity contribution in [3.05, 3.63) is 23.8 Å². The largest absolute Gasteiger partial charge is 0.493 e. The summed E-state index contributed by atoms with van der Waals surface area (Å²) in [5.74, 6) is 1.68. The van der Waals surface area contributed by atoms with Gasteiger partial charge in [-0.3, -0.25) is 9.80 Å². The molecule has 0 aliphatic carbocycles. The topological polar surface area (TPSA) is 24.9 Å². The maximum Gasteiger partial charge on any atom is 0.165 e. The summed E-state index contributed by atoms with van der Waals surface area (Å²) in [6.45, 7) is 10.0. The first-order chi connectivity index (χ1) is 10.2. The molecular weight excluding hydrogens is 264 g/mol. The first-order valence-corrected chi connectivity index (χ1v) is 7.85. The van der Waals surface area contributed by atoms with Crippen LogP contribution < -0.4 is 9.47 Å². The number of rotatable bonds is 6. The zero-order chi connectivity index (χ0) is 15.2. The molecule has 0 aromatic heterocycles. The standard InChI is InChI=1S/C17H28N2O2/c1-5-14(2)19-11-9-18(10-12-19)13-15-7-6-8-16(20-3)17(15)21-4/h6-8,14H,5,9-13H2,1-4H3/t14-/m0/s1. The highest BCUT2D eigenvalue weighted by Gasteiger charge is 2.21. The summed E-state index contributed by atoms with van der Waals surface area (Å²) in [6, 6.07) is 6.80. The molecule has 1 aromatic rings. The van der Waals surface area contributed by atoms with Crippen molar-refractivity contribution in [2.45, 2.75) is 32.9 Å². The average Bonchev–Trinajstić information content (AvgIpc) is 2.54. The summed E-state index contributed by atoms with van der Waals surface area (Å²) in [5.41, 5.74) is 1.20. The van der Waals surface area contributed by atoms with Crippen LogP contribution in [0.4, 0.5) is 0 Å². The van der Waals surface area contributed by atoms with Gasteiger partial charge in [-0.05, 0) is 19.4 Å². The van der Waals surface area contributed by atoms with Crippen LogP contribution in [0.25, 0.3) is 0 Å². The summed E-state index contributed by atoms with van der Waals surface area (Å²) in [6.07, 6.45) is 1.23. The summed E-state index contributed by atoms with van der Waals surface area (Å²) < 4.78 is 10.9. The number of benzene rings is 1. The van der Waals surface area contributed by atoms with Gasteiger partial charge in [0.1, 0.15) is 0 Å². The van der Waals surface area contributed by atoms with Crippen molar-refractivity contribution < 1.29 is 9.47 Å². The zero-order valence-electron chi connectivity index (χ0n) is 13.8. The Morgan fingerprint density at radius 3 is 2.38 bits per heavy atom. The highest BCUT2D eigenvalue weighted by molar-refractivity contribution is 5.46. The summed E-state index contributed by atoms with van der Waals surface area (Å²) in [4.78, 5) is 5.08. The minimum atomic E-state index is 0.693. The fourth-order valence-corrected chi connectivity index (χ4v) is 2.94. The second-order valence-corrected chi connectivity index (χ2v) is 5.72. The average molecular weight is 292 g/mol. The molecule has 1 heterocycles. The fourth-order valence-electron chi connectivity index (χ4n) is 2.94. The van der Waals surface area contributed by atoms with Gasteiger partial charge in [-0.15, -0.1) is 0 Å². The monoisotopic (exact) mass is 292 g/mol. The zero-order valence-corrected chi connectivity index (χ0v) is 13.8. The third-order valence-corrected chi connectivity index (χ3v) is 4.50. The molecule has 2 rings (SSSR count). The number of hydrogen-bond acceptors (Lipinski definition) is 4. The lowest BCUT2D eigenvalue weighted by Gasteiger charge is -2.38. The second-order valence-electron chi connectivity index (χ2n) is 5.72. The van der Waals surface area contributed by atoms with E-state index in [4.69, 9.17) is 9.47 Å². The molecule has 1 saturated heterocycles. The molecule has 0 N–H and O–H groups in total. The van der Waals surface area contributed by atoms with E-state index in [9.17, 15) is 0 Å². The van der Waals surface area contributed by atoms with E-state index in [0.29, 0.717) is 6.04 Å². The van der Waals surface area contributed by atoms with Crippen LogP contribution in [-0.2, 0) is 6.54 Å². The van der Waals surface area contributed by atoms with Crippen LogP contribution in [-0.4, -0.2) is 56.2 Å². The highest BCUT2D eigenvalue weighted by atomic mass is 16.5. The number of ether oxygens (including phenoxy) is 2. The number of para-hydroxylation sites is 1. The third-order valence-electron chi connectivity index (χ3n) is 4.50. The molecule has 1 aliphatic rings. The van der Waals surface area contributed by atoms with Gasteiger partial charge in [0.05, 0.1) is 14.2 Å². The van der Waals surface area contributed by atoms with Crippen LogP contribution in [0.1, 0.15) is 25.8 Å². The molecule has 0 saturated carbocycles. The van der Waals surface area contributed by atoms with E-state index in [1.165, 1.54) is 12.0 Å². The Morgan fingerprint density at radius 2 is 1.81 bits per heavy atom. The molecule has 1 aliphatic heterocycles. The Hall–Kier alpha value is -1.26. The second kappa shape index (κ2) is 7.66. The maximum absolute atomic E-state index is 5.52. The summed E-state index contributed by atoms with van der Waals surface area (Å²) >= 11 is 0. The van der Waals surface area contributed by atoms with Crippen LogP contribution in [0.5, 0.6) is 11.5 Å². The van der Waals surface area contributed by atoms with Gasteiger partial charge in [0.25, 0.3) is 0 Å². The smallest absolute Gasteiger partial charge is 0.165 e. The molecule has 4 heteroatoms.